The number of piperidine rings is 1. The fourth-order valence-corrected chi connectivity index (χ4v) is 4.75. The molecule has 0 aromatic heterocycles. The molecule has 1 saturated heterocycles. The van der Waals surface area contributed by atoms with E-state index in [1.807, 2.05) is 39.8 Å². The van der Waals surface area contributed by atoms with Gasteiger partial charge in [-0.2, -0.15) is 0 Å². The molecule has 2 aromatic rings. The Morgan fingerprint density at radius 1 is 1.03 bits per heavy atom. The predicted molar refractivity (Wildman–Crippen MR) is 131 cm³/mol. The highest BCUT2D eigenvalue weighted by atomic mass is 32.2. The van der Waals surface area contributed by atoms with Crippen molar-refractivity contribution in [3.05, 3.63) is 59.7 Å². The average Bonchev–Trinajstić information content (AvgIpc) is 2.74. The third-order valence-electron chi connectivity index (χ3n) is 5.57. The lowest BCUT2D eigenvalue weighted by molar-refractivity contribution is 0.0184. The van der Waals surface area contributed by atoms with Gasteiger partial charge in [-0.1, -0.05) is 29.8 Å². The van der Waals surface area contributed by atoms with Crippen LogP contribution < -0.4 is 10.0 Å². The van der Waals surface area contributed by atoms with Crippen LogP contribution in [0, 0.1) is 12.8 Å². The molecule has 0 saturated carbocycles. The number of hydrogen-bond donors (Lipinski definition) is 2. The minimum Gasteiger partial charge on any atom is -0.444 e. The van der Waals surface area contributed by atoms with Gasteiger partial charge in [0.05, 0.1) is 4.90 Å². The molecule has 2 aromatic carbocycles. The zero-order valence-corrected chi connectivity index (χ0v) is 20.7. The Bertz CT molecular complexity index is 1020. The van der Waals surface area contributed by atoms with Crippen LogP contribution in [0.3, 0.4) is 0 Å². The van der Waals surface area contributed by atoms with Crippen LogP contribution in [0.1, 0.15) is 44.7 Å². The third kappa shape index (κ3) is 7.75. The number of rotatable bonds is 7. The molecule has 1 amide bonds. The van der Waals surface area contributed by atoms with Gasteiger partial charge in [-0.05, 0) is 82.8 Å². The molecule has 1 heterocycles. The molecule has 0 atom stereocenters. The lowest BCUT2D eigenvalue weighted by atomic mass is 9.97. The molecule has 8 heteroatoms. The van der Waals surface area contributed by atoms with Crippen molar-refractivity contribution in [2.24, 2.45) is 5.92 Å². The molecule has 1 aliphatic rings. The highest BCUT2D eigenvalue weighted by Gasteiger charge is 2.26. The summed E-state index contributed by atoms with van der Waals surface area (Å²) in [4.78, 5) is 14.2. The molecule has 0 radical (unpaired) electrons. The van der Waals surface area contributed by atoms with Crippen molar-refractivity contribution in [3.8, 4) is 0 Å². The van der Waals surface area contributed by atoms with Crippen LogP contribution in [0.25, 0.3) is 0 Å². The van der Waals surface area contributed by atoms with Crippen molar-refractivity contribution in [1.82, 2.24) is 10.2 Å². The Kier molecular flexibility index (Phi) is 8.02. The summed E-state index contributed by atoms with van der Waals surface area (Å²) in [5, 5.41) is 3.48. The lowest BCUT2D eigenvalue weighted by Crippen LogP contribution is -2.43. The molecule has 2 N–H and O–H groups in total. The van der Waals surface area contributed by atoms with Gasteiger partial charge >= 0.3 is 6.09 Å². The molecule has 1 aliphatic heterocycles. The maximum absolute atomic E-state index is 12.5. The number of carbonyl (C=O) groups is 1. The van der Waals surface area contributed by atoms with E-state index < -0.39 is 15.6 Å². The molecule has 33 heavy (non-hydrogen) atoms. The van der Waals surface area contributed by atoms with Crippen molar-refractivity contribution in [3.63, 3.8) is 0 Å². The van der Waals surface area contributed by atoms with E-state index in [-0.39, 0.29) is 11.0 Å². The van der Waals surface area contributed by atoms with Crippen LogP contribution >= 0.6 is 0 Å². The van der Waals surface area contributed by atoms with Crippen molar-refractivity contribution in [2.75, 3.05) is 24.4 Å². The highest BCUT2D eigenvalue weighted by molar-refractivity contribution is 7.92. The molecule has 1 fully saturated rings. The second-order valence-electron chi connectivity index (χ2n) is 9.66. The number of sulfonamides is 1. The summed E-state index contributed by atoms with van der Waals surface area (Å²) in [6.07, 6.45) is 1.67. The fraction of sp³-hybridized carbons (Fsp3) is 0.480. The first-order valence-corrected chi connectivity index (χ1v) is 12.9. The van der Waals surface area contributed by atoms with Gasteiger partial charge in [-0.25, -0.2) is 13.2 Å². The predicted octanol–water partition coefficient (Wildman–Crippen LogP) is 4.53. The standard InChI is InChI=1S/C25H35N3O4S/c1-19-5-11-23(12-6-19)33(30,31)27-22-9-7-20(8-10-22)17-26-18-21-13-15-28(16-14-21)24(29)32-25(2,3)4/h5-12,21,26-27H,13-18H2,1-4H3. The Morgan fingerprint density at radius 3 is 2.21 bits per heavy atom. The van der Waals surface area contributed by atoms with E-state index in [0.717, 1.165) is 43.6 Å². The average molecular weight is 474 g/mol. The number of hydrogen-bond acceptors (Lipinski definition) is 5. The number of carbonyl (C=O) groups excluding carboxylic acids is 1. The summed E-state index contributed by atoms with van der Waals surface area (Å²) in [5.74, 6) is 0.518. The lowest BCUT2D eigenvalue weighted by Gasteiger charge is -2.33. The first-order chi connectivity index (χ1) is 15.5. The quantitative estimate of drug-likeness (QED) is 0.617. The second kappa shape index (κ2) is 10.6. The Morgan fingerprint density at radius 2 is 1.64 bits per heavy atom. The van der Waals surface area contributed by atoms with Gasteiger partial charge in [0.25, 0.3) is 10.0 Å². The zero-order valence-electron chi connectivity index (χ0n) is 19.9. The Hall–Kier alpha value is -2.58. The number of ether oxygens (including phenoxy) is 1. The fourth-order valence-electron chi connectivity index (χ4n) is 3.69. The summed E-state index contributed by atoms with van der Waals surface area (Å²) < 4.78 is 33.1. The summed E-state index contributed by atoms with van der Waals surface area (Å²) in [6.45, 7) is 10.6. The number of anilines is 1. The van der Waals surface area contributed by atoms with E-state index in [1.54, 1.807) is 41.3 Å². The Labute approximate surface area is 197 Å². The monoisotopic (exact) mass is 473 g/mol. The number of likely N-dealkylation sites (tertiary alicyclic amines) is 1. The second-order valence-corrected chi connectivity index (χ2v) is 11.3. The van der Waals surface area contributed by atoms with Gasteiger partial charge < -0.3 is 15.0 Å². The molecule has 0 bridgehead atoms. The summed E-state index contributed by atoms with van der Waals surface area (Å²) >= 11 is 0. The highest BCUT2D eigenvalue weighted by Crippen LogP contribution is 2.20. The Balaban J connectivity index is 1.41. The van der Waals surface area contributed by atoms with Crippen molar-refractivity contribution in [1.29, 1.82) is 0 Å². The van der Waals surface area contributed by atoms with Crippen molar-refractivity contribution < 1.29 is 17.9 Å². The summed E-state index contributed by atoms with van der Waals surface area (Å²) in [7, 11) is -3.60. The molecular formula is C25H35N3O4S. The van der Waals surface area contributed by atoms with E-state index in [1.165, 1.54) is 0 Å². The van der Waals surface area contributed by atoms with Crippen LogP contribution in [-0.4, -0.2) is 44.6 Å². The smallest absolute Gasteiger partial charge is 0.410 e. The first-order valence-electron chi connectivity index (χ1n) is 11.4. The van der Waals surface area contributed by atoms with Crippen LogP contribution in [0.4, 0.5) is 10.5 Å². The molecule has 0 aliphatic carbocycles. The van der Waals surface area contributed by atoms with Gasteiger partial charge in [-0.3, -0.25) is 4.72 Å². The normalized spacial score (nSPS) is 15.3. The molecule has 7 nitrogen and oxygen atoms in total. The van der Waals surface area contributed by atoms with E-state index in [4.69, 9.17) is 4.74 Å². The largest absolute Gasteiger partial charge is 0.444 e. The van der Waals surface area contributed by atoms with E-state index in [2.05, 4.69) is 10.0 Å². The zero-order chi connectivity index (χ0) is 24.1. The number of benzene rings is 2. The number of amides is 1. The van der Waals surface area contributed by atoms with Gasteiger partial charge in [0.2, 0.25) is 0 Å². The molecular weight excluding hydrogens is 438 g/mol. The van der Waals surface area contributed by atoms with Crippen molar-refractivity contribution in [2.45, 2.75) is 57.6 Å². The molecule has 3 rings (SSSR count). The maximum Gasteiger partial charge on any atom is 0.410 e. The molecule has 0 spiro atoms. The minimum atomic E-state index is -3.60. The summed E-state index contributed by atoms with van der Waals surface area (Å²) in [5.41, 5.74) is 2.17. The van der Waals surface area contributed by atoms with Gasteiger partial charge in [0.1, 0.15) is 5.60 Å². The van der Waals surface area contributed by atoms with E-state index >= 15 is 0 Å². The SMILES string of the molecule is Cc1ccc(S(=O)(=O)Nc2ccc(CNCC3CCN(C(=O)OC(C)(C)C)CC3)cc2)cc1. The van der Waals surface area contributed by atoms with E-state index in [9.17, 15) is 13.2 Å². The summed E-state index contributed by atoms with van der Waals surface area (Å²) in [6, 6.07) is 14.2. The molecule has 0 unspecified atom stereocenters. The van der Waals surface area contributed by atoms with Gasteiger partial charge in [0, 0.05) is 25.3 Å². The number of aryl methyl sites for hydroxylation is 1. The minimum absolute atomic E-state index is 0.230. The topological polar surface area (TPSA) is 87.7 Å². The van der Waals surface area contributed by atoms with Crippen LogP contribution in [0.5, 0.6) is 0 Å². The van der Waals surface area contributed by atoms with Crippen LogP contribution in [-0.2, 0) is 21.3 Å². The van der Waals surface area contributed by atoms with E-state index in [0.29, 0.717) is 18.2 Å². The van der Waals surface area contributed by atoms with Crippen molar-refractivity contribution >= 4 is 21.8 Å². The number of nitrogens with zero attached hydrogens (tertiary/aromatic N) is 1. The maximum atomic E-state index is 12.5. The van der Waals surface area contributed by atoms with Crippen LogP contribution in [0.15, 0.2) is 53.4 Å². The van der Waals surface area contributed by atoms with Gasteiger partial charge in [-0.15, -0.1) is 0 Å². The first kappa shape index (κ1) is 25.1. The van der Waals surface area contributed by atoms with Crippen LogP contribution in [0.2, 0.25) is 0 Å². The number of nitrogens with one attached hydrogen (secondary N) is 2. The van der Waals surface area contributed by atoms with Gasteiger partial charge in [0.15, 0.2) is 0 Å². The molecule has 180 valence electrons. The third-order valence-corrected chi connectivity index (χ3v) is 6.96.